The molecule has 0 saturated carbocycles. The Morgan fingerprint density at radius 2 is 2.17 bits per heavy atom. The van der Waals surface area contributed by atoms with Gasteiger partial charge in [-0.2, -0.15) is 0 Å². The summed E-state index contributed by atoms with van der Waals surface area (Å²) in [5.41, 5.74) is 0.890. The van der Waals surface area contributed by atoms with Crippen LogP contribution in [0.3, 0.4) is 0 Å². The van der Waals surface area contributed by atoms with Crippen molar-refractivity contribution in [1.29, 1.82) is 0 Å². The number of amides is 1. The van der Waals surface area contributed by atoms with Crippen molar-refractivity contribution in [2.24, 2.45) is 0 Å². The molecule has 1 fully saturated rings. The first-order valence-corrected chi connectivity index (χ1v) is 11.1. The second-order valence-corrected chi connectivity index (χ2v) is 8.86. The molecule has 3 heterocycles. The Labute approximate surface area is 184 Å². The first-order valence-electron chi connectivity index (χ1n) is 9.87. The molecule has 30 heavy (non-hydrogen) atoms. The topological polar surface area (TPSA) is 82.2 Å². The van der Waals surface area contributed by atoms with Crippen molar-refractivity contribution in [1.82, 2.24) is 20.1 Å². The molecule has 1 aliphatic heterocycles. The van der Waals surface area contributed by atoms with E-state index in [0.29, 0.717) is 29.1 Å². The van der Waals surface area contributed by atoms with Gasteiger partial charge in [0.25, 0.3) is 0 Å². The molecule has 4 rings (SSSR count). The Bertz CT molecular complexity index is 969. The summed E-state index contributed by atoms with van der Waals surface area (Å²) in [6.07, 6.45) is 3.79. The van der Waals surface area contributed by atoms with Crippen molar-refractivity contribution < 1.29 is 13.9 Å². The average molecular weight is 447 g/mol. The number of aromatic nitrogens is 3. The number of furan rings is 1. The molecule has 0 bridgehead atoms. The first kappa shape index (κ1) is 21.0. The molecule has 158 valence electrons. The van der Waals surface area contributed by atoms with E-state index in [9.17, 15) is 4.79 Å². The molecule has 9 heteroatoms. The zero-order valence-electron chi connectivity index (χ0n) is 16.6. The summed E-state index contributed by atoms with van der Waals surface area (Å²) in [6.45, 7) is 3.64. The molecule has 0 radical (unpaired) electrons. The Balaban J connectivity index is 1.51. The lowest BCUT2D eigenvalue weighted by Crippen LogP contribution is -2.36. The Kier molecular flexibility index (Phi) is 6.76. The highest BCUT2D eigenvalue weighted by atomic mass is 35.5. The van der Waals surface area contributed by atoms with Crippen molar-refractivity contribution in [2.75, 3.05) is 13.2 Å². The summed E-state index contributed by atoms with van der Waals surface area (Å²) < 4.78 is 13.0. The zero-order chi connectivity index (χ0) is 20.9. The molecule has 1 amide bonds. The van der Waals surface area contributed by atoms with E-state index in [2.05, 4.69) is 15.5 Å². The van der Waals surface area contributed by atoms with Gasteiger partial charge in [-0.05, 0) is 56.2 Å². The number of nitrogens with zero attached hydrogens (tertiary/aromatic N) is 3. The molecule has 3 aromatic rings. The molecule has 1 aromatic carbocycles. The Morgan fingerprint density at radius 1 is 1.33 bits per heavy atom. The van der Waals surface area contributed by atoms with Gasteiger partial charge in [0.05, 0.1) is 24.2 Å². The minimum atomic E-state index is -0.330. The van der Waals surface area contributed by atoms with Crippen molar-refractivity contribution in [3.8, 4) is 11.4 Å². The smallest absolute Gasteiger partial charge is 0.233 e. The van der Waals surface area contributed by atoms with E-state index in [0.717, 1.165) is 30.8 Å². The van der Waals surface area contributed by atoms with E-state index in [1.807, 2.05) is 47.9 Å². The molecule has 1 aliphatic rings. The van der Waals surface area contributed by atoms with Gasteiger partial charge in [0.15, 0.2) is 11.0 Å². The molecule has 0 spiro atoms. The van der Waals surface area contributed by atoms with Gasteiger partial charge in [0.2, 0.25) is 5.91 Å². The second kappa shape index (κ2) is 9.68. The highest BCUT2D eigenvalue weighted by Gasteiger charge is 2.23. The fourth-order valence-electron chi connectivity index (χ4n) is 3.26. The maximum Gasteiger partial charge on any atom is 0.233 e. The van der Waals surface area contributed by atoms with Gasteiger partial charge in [-0.1, -0.05) is 23.4 Å². The largest absolute Gasteiger partial charge is 0.467 e. The number of hydrogen-bond acceptors (Lipinski definition) is 6. The Morgan fingerprint density at radius 3 is 2.87 bits per heavy atom. The molecule has 2 atom stereocenters. The standard InChI is InChI=1S/C21H23ClN4O3S/c1-14(20(27)23-12-17-4-2-10-28-17)30-21-25-24-19(15-6-8-16(22)9-7-15)26(21)13-18-5-3-11-29-18/h3,5-9,11,14,17H,2,4,10,12-13H2,1H3,(H,23,27)/t14-,17+/m1/s1. The number of halogens is 1. The number of carbonyl (C=O) groups excluding carboxylic acids is 1. The maximum absolute atomic E-state index is 12.6. The van der Waals surface area contributed by atoms with E-state index in [1.165, 1.54) is 11.8 Å². The molecule has 0 unspecified atom stereocenters. The summed E-state index contributed by atoms with van der Waals surface area (Å²) in [4.78, 5) is 12.6. The minimum absolute atomic E-state index is 0.0453. The van der Waals surface area contributed by atoms with Crippen LogP contribution >= 0.6 is 23.4 Å². The highest BCUT2D eigenvalue weighted by molar-refractivity contribution is 8.00. The van der Waals surface area contributed by atoms with Gasteiger partial charge < -0.3 is 14.5 Å². The van der Waals surface area contributed by atoms with Gasteiger partial charge in [0, 0.05) is 23.7 Å². The molecule has 7 nitrogen and oxygen atoms in total. The van der Waals surface area contributed by atoms with Crippen LogP contribution in [0.5, 0.6) is 0 Å². The average Bonchev–Trinajstić information content (AvgIpc) is 3.51. The molecular weight excluding hydrogens is 424 g/mol. The highest BCUT2D eigenvalue weighted by Crippen LogP contribution is 2.28. The summed E-state index contributed by atoms with van der Waals surface area (Å²) in [5, 5.41) is 12.7. The first-order chi connectivity index (χ1) is 14.6. The third-order valence-corrected chi connectivity index (χ3v) is 6.23. The number of ether oxygens (including phenoxy) is 1. The van der Waals surface area contributed by atoms with Gasteiger partial charge in [-0.25, -0.2) is 0 Å². The van der Waals surface area contributed by atoms with Crippen LogP contribution in [-0.4, -0.2) is 45.2 Å². The van der Waals surface area contributed by atoms with Crippen molar-refractivity contribution >= 4 is 29.3 Å². The minimum Gasteiger partial charge on any atom is -0.467 e. The maximum atomic E-state index is 12.6. The molecule has 2 aromatic heterocycles. The quantitative estimate of drug-likeness (QED) is 0.526. The van der Waals surface area contributed by atoms with Crippen LogP contribution < -0.4 is 5.32 Å². The van der Waals surface area contributed by atoms with Crippen molar-refractivity contribution in [3.63, 3.8) is 0 Å². The van der Waals surface area contributed by atoms with E-state index in [-0.39, 0.29) is 17.3 Å². The summed E-state index contributed by atoms with van der Waals surface area (Å²) in [6, 6.07) is 11.2. The van der Waals surface area contributed by atoms with Crippen LogP contribution in [-0.2, 0) is 16.1 Å². The van der Waals surface area contributed by atoms with E-state index < -0.39 is 0 Å². The van der Waals surface area contributed by atoms with Crippen LogP contribution in [0, 0.1) is 0 Å². The van der Waals surface area contributed by atoms with Gasteiger partial charge >= 0.3 is 0 Å². The third-order valence-electron chi connectivity index (χ3n) is 4.89. The molecular formula is C21H23ClN4O3S. The van der Waals surface area contributed by atoms with E-state index in [4.69, 9.17) is 20.8 Å². The number of carbonyl (C=O) groups is 1. The lowest BCUT2D eigenvalue weighted by atomic mass is 10.2. The fourth-order valence-corrected chi connectivity index (χ4v) is 4.26. The fraction of sp³-hybridized carbons (Fsp3) is 0.381. The number of rotatable bonds is 8. The predicted octanol–water partition coefficient (Wildman–Crippen LogP) is 4.02. The molecule has 1 N–H and O–H groups in total. The predicted molar refractivity (Wildman–Crippen MR) is 116 cm³/mol. The zero-order valence-corrected chi connectivity index (χ0v) is 18.2. The number of nitrogens with one attached hydrogen (secondary N) is 1. The monoisotopic (exact) mass is 446 g/mol. The summed E-state index contributed by atoms with van der Waals surface area (Å²) in [5.74, 6) is 1.43. The van der Waals surface area contributed by atoms with E-state index >= 15 is 0 Å². The number of benzene rings is 1. The van der Waals surface area contributed by atoms with Crippen molar-refractivity contribution in [3.05, 3.63) is 53.4 Å². The van der Waals surface area contributed by atoms with Crippen LogP contribution in [0.1, 0.15) is 25.5 Å². The van der Waals surface area contributed by atoms with Gasteiger partial charge in [0.1, 0.15) is 5.76 Å². The summed E-state index contributed by atoms with van der Waals surface area (Å²) >= 11 is 7.39. The van der Waals surface area contributed by atoms with Crippen LogP contribution in [0.15, 0.2) is 52.2 Å². The van der Waals surface area contributed by atoms with Crippen LogP contribution in [0.25, 0.3) is 11.4 Å². The second-order valence-electron chi connectivity index (χ2n) is 7.12. The van der Waals surface area contributed by atoms with E-state index in [1.54, 1.807) is 6.26 Å². The molecule has 0 aliphatic carbocycles. The SMILES string of the molecule is C[C@@H](Sc1nnc(-c2ccc(Cl)cc2)n1Cc1ccco1)C(=O)NC[C@@H]1CCCO1. The van der Waals surface area contributed by atoms with Crippen LogP contribution in [0.2, 0.25) is 5.02 Å². The summed E-state index contributed by atoms with van der Waals surface area (Å²) in [7, 11) is 0. The van der Waals surface area contributed by atoms with Gasteiger partial charge in [-0.15, -0.1) is 10.2 Å². The van der Waals surface area contributed by atoms with Crippen LogP contribution in [0.4, 0.5) is 0 Å². The third kappa shape index (κ3) is 5.06. The number of hydrogen-bond donors (Lipinski definition) is 1. The lowest BCUT2D eigenvalue weighted by Gasteiger charge is -2.15. The lowest BCUT2D eigenvalue weighted by molar-refractivity contribution is -0.120. The number of thioether (sulfide) groups is 1. The molecule has 1 saturated heterocycles. The van der Waals surface area contributed by atoms with Gasteiger partial charge in [-0.3, -0.25) is 9.36 Å². The normalized spacial score (nSPS) is 17.2. The Hall–Kier alpha value is -2.29. The van der Waals surface area contributed by atoms with Crippen molar-refractivity contribution in [2.45, 2.75) is 42.8 Å².